The van der Waals surface area contributed by atoms with E-state index in [9.17, 15) is 4.79 Å². The summed E-state index contributed by atoms with van der Waals surface area (Å²) >= 11 is 0. The van der Waals surface area contributed by atoms with Crippen LogP contribution in [-0.2, 0) is 16.0 Å². The lowest BCUT2D eigenvalue weighted by Crippen LogP contribution is -2.53. The number of ether oxygens (including phenoxy) is 1. The second-order valence-electron chi connectivity index (χ2n) is 6.97. The highest BCUT2D eigenvalue weighted by Gasteiger charge is 2.25. The zero-order valence-electron chi connectivity index (χ0n) is 15.8. The van der Waals surface area contributed by atoms with Gasteiger partial charge in [0, 0.05) is 45.1 Å². The summed E-state index contributed by atoms with van der Waals surface area (Å²) in [7, 11) is 0. The van der Waals surface area contributed by atoms with Crippen molar-refractivity contribution >= 4 is 5.91 Å². The quantitative estimate of drug-likeness (QED) is 0.704. The van der Waals surface area contributed by atoms with Crippen molar-refractivity contribution in [3.63, 3.8) is 0 Å². The lowest BCUT2D eigenvalue weighted by Gasteiger charge is -2.36. The van der Waals surface area contributed by atoms with Crippen LogP contribution in [0.15, 0.2) is 48.5 Å². The number of hydrogen-bond acceptors (Lipinski definition) is 5. The number of rotatable bonds is 8. The molecule has 0 spiro atoms. The van der Waals surface area contributed by atoms with Gasteiger partial charge in [0.15, 0.2) is 0 Å². The number of amides is 1. The van der Waals surface area contributed by atoms with E-state index in [1.54, 1.807) is 12.4 Å². The van der Waals surface area contributed by atoms with Gasteiger partial charge in [0.2, 0.25) is 5.91 Å². The van der Waals surface area contributed by atoms with Gasteiger partial charge in [0.25, 0.3) is 0 Å². The van der Waals surface area contributed by atoms with Crippen LogP contribution < -0.4 is 5.73 Å². The van der Waals surface area contributed by atoms with Crippen LogP contribution in [0.3, 0.4) is 0 Å². The highest BCUT2D eigenvalue weighted by Crippen LogP contribution is 2.11. The summed E-state index contributed by atoms with van der Waals surface area (Å²) in [4.78, 5) is 20.9. The second-order valence-corrected chi connectivity index (χ2v) is 6.97. The number of carbonyl (C=O) groups is 1. The van der Waals surface area contributed by atoms with Gasteiger partial charge in [0.05, 0.1) is 12.6 Å². The van der Waals surface area contributed by atoms with Crippen LogP contribution in [0.2, 0.25) is 0 Å². The Bertz CT molecular complexity index is 651. The lowest BCUT2D eigenvalue weighted by atomic mass is 10.1. The maximum absolute atomic E-state index is 12.6. The fraction of sp³-hybridized carbons (Fsp3) is 0.476. The Balaban J connectivity index is 1.32. The van der Waals surface area contributed by atoms with E-state index in [-0.39, 0.29) is 5.91 Å². The molecule has 1 aromatic heterocycles. The third-order valence-electron chi connectivity index (χ3n) is 4.95. The number of hydrogen-bond donors (Lipinski definition) is 1. The van der Waals surface area contributed by atoms with Crippen molar-refractivity contribution in [1.29, 1.82) is 0 Å². The molecule has 6 nitrogen and oxygen atoms in total. The SMILES string of the molecule is N[C@H](Cc1ccncc1)C(=O)N1CCN(CCCOC2=CC[CH]C=C2)CC1. The minimum absolute atomic E-state index is 0.0441. The summed E-state index contributed by atoms with van der Waals surface area (Å²) in [6, 6.07) is 3.33. The molecule has 0 bridgehead atoms. The van der Waals surface area contributed by atoms with Crippen LogP contribution in [0.25, 0.3) is 0 Å². The molecule has 2 N–H and O–H groups in total. The molecule has 0 aromatic carbocycles. The maximum Gasteiger partial charge on any atom is 0.239 e. The van der Waals surface area contributed by atoms with E-state index >= 15 is 0 Å². The van der Waals surface area contributed by atoms with Crippen molar-refractivity contribution in [3.8, 4) is 0 Å². The van der Waals surface area contributed by atoms with Crippen molar-refractivity contribution in [1.82, 2.24) is 14.8 Å². The lowest BCUT2D eigenvalue weighted by molar-refractivity contribution is -0.134. The molecule has 1 radical (unpaired) electrons. The predicted molar refractivity (Wildman–Crippen MR) is 106 cm³/mol. The van der Waals surface area contributed by atoms with Crippen molar-refractivity contribution in [2.75, 3.05) is 39.3 Å². The smallest absolute Gasteiger partial charge is 0.239 e. The van der Waals surface area contributed by atoms with Crippen LogP contribution >= 0.6 is 0 Å². The molecule has 1 aliphatic carbocycles. The summed E-state index contributed by atoms with van der Waals surface area (Å²) in [5.41, 5.74) is 7.18. The molecule has 2 aliphatic rings. The topological polar surface area (TPSA) is 71.7 Å². The normalized spacial score (nSPS) is 18.9. The predicted octanol–water partition coefficient (Wildman–Crippen LogP) is 1.55. The Morgan fingerprint density at radius 3 is 2.70 bits per heavy atom. The molecule has 3 rings (SSSR count). The molecular formula is C21H29N4O2. The second kappa shape index (κ2) is 10.2. The number of carbonyl (C=O) groups excluding carboxylic acids is 1. The van der Waals surface area contributed by atoms with Crippen molar-refractivity contribution in [2.24, 2.45) is 5.73 Å². The van der Waals surface area contributed by atoms with Gasteiger partial charge in [-0.15, -0.1) is 0 Å². The molecule has 6 heteroatoms. The van der Waals surface area contributed by atoms with E-state index in [2.05, 4.69) is 22.4 Å². The average molecular weight is 369 g/mol. The van der Waals surface area contributed by atoms with Gasteiger partial charge in [-0.2, -0.15) is 0 Å². The Morgan fingerprint density at radius 1 is 1.22 bits per heavy atom. The minimum Gasteiger partial charge on any atom is -0.494 e. The average Bonchev–Trinajstić information content (AvgIpc) is 2.72. The third-order valence-corrected chi connectivity index (χ3v) is 4.95. The number of pyridine rings is 1. The summed E-state index contributed by atoms with van der Waals surface area (Å²) in [6.45, 7) is 5.00. The van der Waals surface area contributed by atoms with Crippen molar-refractivity contribution in [3.05, 3.63) is 60.5 Å². The molecule has 1 atom stereocenters. The van der Waals surface area contributed by atoms with Crippen molar-refractivity contribution in [2.45, 2.75) is 25.3 Å². The minimum atomic E-state index is -0.485. The van der Waals surface area contributed by atoms with E-state index in [0.29, 0.717) is 6.42 Å². The Kier molecular flexibility index (Phi) is 7.42. The zero-order valence-corrected chi connectivity index (χ0v) is 15.8. The number of piperazine rings is 1. The first-order chi connectivity index (χ1) is 13.2. The van der Waals surface area contributed by atoms with Gasteiger partial charge < -0.3 is 15.4 Å². The van der Waals surface area contributed by atoms with Crippen LogP contribution in [0.5, 0.6) is 0 Å². The summed E-state index contributed by atoms with van der Waals surface area (Å²) < 4.78 is 5.76. The number of nitrogens with zero attached hydrogens (tertiary/aromatic N) is 3. The first-order valence-electron chi connectivity index (χ1n) is 9.71. The molecule has 1 saturated heterocycles. The largest absolute Gasteiger partial charge is 0.494 e. The Labute approximate surface area is 161 Å². The Morgan fingerprint density at radius 2 is 2.00 bits per heavy atom. The first-order valence-corrected chi connectivity index (χ1v) is 9.71. The molecule has 27 heavy (non-hydrogen) atoms. The molecule has 0 saturated carbocycles. The molecule has 0 unspecified atom stereocenters. The van der Waals surface area contributed by atoms with Crippen LogP contribution in [0.4, 0.5) is 0 Å². The van der Waals surface area contributed by atoms with E-state index in [4.69, 9.17) is 10.5 Å². The van der Waals surface area contributed by atoms with E-state index in [0.717, 1.165) is 63.5 Å². The van der Waals surface area contributed by atoms with Gasteiger partial charge in [-0.05, 0) is 55.5 Å². The van der Waals surface area contributed by atoms with Gasteiger partial charge in [-0.25, -0.2) is 0 Å². The number of nitrogens with two attached hydrogens (primary N) is 1. The third kappa shape index (κ3) is 6.19. The molecule has 1 amide bonds. The fourth-order valence-corrected chi connectivity index (χ4v) is 3.37. The summed E-state index contributed by atoms with van der Waals surface area (Å²) in [5.74, 6) is 1.01. The number of allylic oxidation sites excluding steroid dienone is 3. The monoisotopic (exact) mass is 369 g/mol. The van der Waals surface area contributed by atoms with Gasteiger partial charge in [-0.3, -0.25) is 14.7 Å². The molecule has 1 aliphatic heterocycles. The molecule has 145 valence electrons. The molecule has 1 aromatic rings. The van der Waals surface area contributed by atoms with Crippen LogP contribution in [-0.4, -0.2) is 66.1 Å². The van der Waals surface area contributed by atoms with E-state index < -0.39 is 6.04 Å². The first kappa shape index (κ1) is 19.6. The van der Waals surface area contributed by atoms with Crippen LogP contribution in [0.1, 0.15) is 18.4 Å². The van der Waals surface area contributed by atoms with Gasteiger partial charge in [-0.1, -0.05) is 6.08 Å². The number of aromatic nitrogens is 1. The van der Waals surface area contributed by atoms with E-state index in [1.807, 2.05) is 29.2 Å². The molecular weight excluding hydrogens is 340 g/mol. The van der Waals surface area contributed by atoms with Gasteiger partial charge >= 0.3 is 0 Å². The summed E-state index contributed by atoms with van der Waals surface area (Å²) in [5, 5.41) is 0. The van der Waals surface area contributed by atoms with Gasteiger partial charge in [0.1, 0.15) is 5.76 Å². The maximum atomic E-state index is 12.6. The fourth-order valence-electron chi connectivity index (χ4n) is 3.37. The highest BCUT2D eigenvalue weighted by molar-refractivity contribution is 5.82. The van der Waals surface area contributed by atoms with Crippen molar-refractivity contribution < 1.29 is 9.53 Å². The van der Waals surface area contributed by atoms with E-state index in [1.165, 1.54) is 0 Å². The molecule has 1 fully saturated rings. The summed E-state index contributed by atoms with van der Waals surface area (Å²) in [6.07, 6.45) is 14.2. The zero-order chi connectivity index (χ0) is 18.9. The molecule has 2 heterocycles. The standard InChI is InChI=1S/C21H29N4O2/c22-20(17-18-7-9-23-10-8-18)21(26)25-14-12-24(13-15-25)11-4-16-27-19-5-2-1-3-6-19/h1-2,5-10,20H,3-4,11-17,22H2/t20-/m1/s1. The van der Waals surface area contributed by atoms with Crippen LogP contribution in [0, 0.1) is 6.42 Å². The Hall–Kier alpha value is -2.18. The highest BCUT2D eigenvalue weighted by atomic mass is 16.5.